The second-order valence-electron chi connectivity index (χ2n) is 8.40. The summed E-state index contributed by atoms with van der Waals surface area (Å²) in [6.07, 6.45) is -0.491. The van der Waals surface area contributed by atoms with Gasteiger partial charge >= 0.3 is 213 Å². The first-order chi connectivity index (χ1) is 17.6. The van der Waals surface area contributed by atoms with Gasteiger partial charge in [-0.15, -0.1) is 0 Å². The molecule has 0 saturated carbocycles. The standard InChI is InChI=1S/C23H18AsF5N7O/c25-13-3-4-14(16(26)8-13)17-10-36-21(31-11-32-36)22(33-17)35-7-1-2-12(9-35)24-18-6-5-15(20(30)34-18)19(37)23(27,28)29/h3-6,8,10-12H,1-2,7,9H2,(H2,30,34). The summed E-state index contributed by atoms with van der Waals surface area (Å²) in [4.78, 5) is 26.5. The molecule has 4 aromatic rings. The van der Waals surface area contributed by atoms with Crippen LogP contribution in [0.25, 0.3) is 16.9 Å². The number of aromatic nitrogens is 5. The van der Waals surface area contributed by atoms with Crippen LogP contribution in [0.5, 0.6) is 0 Å². The topological polar surface area (TPSA) is 102 Å². The summed E-state index contributed by atoms with van der Waals surface area (Å²) < 4.78 is 68.4. The molecule has 1 unspecified atom stereocenters. The van der Waals surface area contributed by atoms with Gasteiger partial charge < -0.3 is 0 Å². The number of nitrogen functional groups attached to an aromatic ring is 1. The minimum atomic E-state index is -5.03. The number of ketones is 1. The summed E-state index contributed by atoms with van der Waals surface area (Å²) in [6.45, 7) is 1.20. The Labute approximate surface area is 213 Å². The number of carbonyl (C=O) groups excluding carboxylic acids is 1. The van der Waals surface area contributed by atoms with Gasteiger partial charge in [0.05, 0.1) is 0 Å². The van der Waals surface area contributed by atoms with Gasteiger partial charge in [0.1, 0.15) is 0 Å². The molecule has 191 valence electrons. The van der Waals surface area contributed by atoms with Crippen molar-refractivity contribution in [3.05, 3.63) is 60.1 Å². The number of pyridine rings is 1. The van der Waals surface area contributed by atoms with E-state index in [1.165, 1.54) is 29.2 Å². The van der Waals surface area contributed by atoms with Gasteiger partial charge in [-0.05, 0) is 0 Å². The van der Waals surface area contributed by atoms with Gasteiger partial charge in [-0.1, -0.05) is 0 Å². The van der Waals surface area contributed by atoms with Crippen LogP contribution >= 0.6 is 0 Å². The Morgan fingerprint density at radius 3 is 2.68 bits per heavy atom. The van der Waals surface area contributed by atoms with Gasteiger partial charge in [-0.3, -0.25) is 0 Å². The van der Waals surface area contributed by atoms with Gasteiger partial charge in [-0.2, -0.15) is 0 Å². The molecule has 0 bridgehead atoms. The number of carbonyl (C=O) groups is 1. The molecule has 37 heavy (non-hydrogen) atoms. The van der Waals surface area contributed by atoms with E-state index in [4.69, 9.17) is 5.73 Å². The van der Waals surface area contributed by atoms with Crippen LogP contribution in [0.2, 0.25) is 4.71 Å². The van der Waals surface area contributed by atoms with Crippen LogP contribution in [0.3, 0.4) is 0 Å². The molecule has 14 heteroatoms. The van der Waals surface area contributed by atoms with Crippen LogP contribution < -0.4 is 15.1 Å². The molecule has 3 aromatic heterocycles. The van der Waals surface area contributed by atoms with Crippen LogP contribution in [0, 0.1) is 11.6 Å². The molecular weight excluding hydrogens is 560 g/mol. The number of nitrogens with zero attached hydrogens (tertiary/aromatic N) is 6. The van der Waals surface area contributed by atoms with Gasteiger partial charge in [0.15, 0.2) is 0 Å². The average Bonchev–Trinajstić information content (AvgIpc) is 3.31. The van der Waals surface area contributed by atoms with E-state index in [1.54, 1.807) is 0 Å². The Kier molecular flexibility index (Phi) is 6.57. The number of rotatable bonds is 5. The van der Waals surface area contributed by atoms with Crippen molar-refractivity contribution < 1.29 is 26.7 Å². The van der Waals surface area contributed by atoms with Crippen molar-refractivity contribution in [2.45, 2.75) is 23.7 Å². The first-order valence-electron chi connectivity index (χ1n) is 11.1. The van der Waals surface area contributed by atoms with Gasteiger partial charge in [0.2, 0.25) is 0 Å². The van der Waals surface area contributed by atoms with Crippen LogP contribution in [-0.4, -0.2) is 65.4 Å². The Balaban J connectivity index is 1.40. The summed E-state index contributed by atoms with van der Waals surface area (Å²) in [5.74, 6) is -3.43. The third-order valence-corrected chi connectivity index (χ3v) is 8.60. The van der Waals surface area contributed by atoms with E-state index in [0.29, 0.717) is 29.0 Å². The zero-order valence-electron chi connectivity index (χ0n) is 19.0. The number of halogens is 5. The molecule has 1 radical (unpaired) electrons. The number of Topliss-reactive ketones (excluding diaryl/α,β-unsaturated/α-hetero) is 1. The maximum absolute atomic E-state index is 14.5. The van der Waals surface area contributed by atoms with Crippen molar-refractivity contribution in [1.29, 1.82) is 0 Å². The first kappa shape index (κ1) is 25.1. The summed E-state index contributed by atoms with van der Waals surface area (Å²) >= 11 is -0.607. The van der Waals surface area contributed by atoms with E-state index in [0.717, 1.165) is 31.0 Å². The second kappa shape index (κ2) is 9.69. The molecule has 2 N–H and O–H groups in total. The van der Waals surface area contributed by atoms with Crippen molar-refractivity contribution in [3.8, 4) is 11.3 Å². The number of hydrogen-bond donors (Lipinski definition) is 1. The Hall–Kier alpha value is -3.60. The number of alkyl halides is 3. The number of fused-ring (bicyclic) bond motifs is 1. The Morgan fingerprint density at radius 2 is 1.95 bits per heavy atom. The molecule has 4 heterocycles. The minimum absolute atomic E-state index is 0.119. The van der Waals surface area contributed by atoms with E-state index in [1.807, 2.05) is 4.90 Å². The summed E-state index contributed by atoms with van der Waals surface area (Å²) in [7, 11) is 0. The summed E-state index contributed by atoms with van der Waals surface area (Å²) in [5.41, 5.74) is 5.87. The number of piperidine rings is 1. The third kappa shape index (κ3) is 5.13. The quantitative estimate of drug-likeness (QED) is 0.221. The number of nitrogens with two attached hydrogens (primary N) is 1. The van der Waals surface area contributed by atoms with Crippen molar-refractivity contribution >= 4 is 43.3 Å². The Morgan fingerprint density at radius 1 is 1.14 bits per heavy atom. The van der Waals surface area contributed by atoms with Crippen molar-refractivity contribution in [1.82, 2.24) is 24.6 Å². The molecule has 0 aliphatic carbocycles. The van der Waals surface area contributed by atoms with Crippen molar-refractivity contribution in [2.75, 3.05) is 23.7 Å². The van der Waals surface area contributed by atoms with E-state index >= 15 is 0 Å². The number of anilines is 2. The molecule has 1 aliphatic heterocycles. The summed E-state index contributed by atoms with van der Waals surface area (Å²) in [6, 6.07) is 5.74. The second-order valence-corrected chi connectivity index (χ2v) is 11.4. The number of benzene rings is 1. The SMILES string of the molecule is Nc1nc([As]C2CCCN(c3nc(-c4ccc(F)cc4F)cn4ncnc34)C2)ccc1C(=O)C(F)(F)F. The maximum atomic E-state index is 14.5. The van der Waals surface area contributed by atoms with Crippen molar-refractivity contribution in [2.24, 2.45) is 0 Å². The molecular formula is C23H18AsF5N7O. The van der Waals surface area contributed by atoms with Gasteiger partial charge in [0.25, 0.3) is 0 Å². The predicted molar refractivity (Wildman–Crippen MR) is 126 cm³/mol. The monoisotopic (exact) mass is 578 g/mol. The molecule has 1 saturated heterocycles. The van der Waals surface area contributed by atoms with Crippen LogP contribution in [0.4, 0.5) is 33.6 Å². The Bertz CT molecular complexity index is 1490. The van der Waals surface area contributed by atoms with E-state index in [2.05, 4.69) is 20.1 Å². The predicted octanol–water partition coefficient (Wildman–Crippen LogP) is 3.21. The van der Waals surface area contributed by atoms with E-state index < -0.39 is 50.7 Å². The number of hydrogen-bond acceptors (Lipinski definition) is 7. The van der Waals surface area contributed by atoms with Gasteiger partial charge in [0, 0.05) is 0 Å². The fourth-order valence-corrected chi connectivity index (χ4v) is 6.88. The van der Waals surface area contributed by atoms with Crippen LogP contribution in [0.15, 0.2) is 42.9 Å². The molecule has 8 nitrogen and oxygen atoms in total. The van der Waals surface area contributed by atoms with Crippen LogP contribution in [-0.2, 0) is 0 Å². The zero-order chi connectivity index (χ0) is 26.3. The van der Waals surface area contributed by atoms with Gasteiger partial charge in [-0.25, -0.2) is 0 Å². The summed E-state index contributed by atoms with van der Waals surface area (Å²) in [5, 5.41) is 4.16. The fourth-order valence-electron chi connectivity index (χ4n) is 4.17. The third-order valence-electron chi connectivity index (χ3n) is 5.87. The molecule has 1 atom stereocenters. The zero-order valence-corrected chi connectivity index (χ0v) is 20.8. The van der Waals surface area contributed by atoms with Crippen molar-refractivity contribution in [3.63, 3.8) is 0 Å². The average molecular weight is 578 g/mol. The molecule has 5 rings (SSSR count). The molecule has 1 fully saturated rings. The normalized spacial score (nSPS) is 16.7. The molecule has 0 amide bonds. The van der Waals surface area contributed by atoms with E-state index in [9.17, 15) is 26.7 Å². The molecule has 1 aromatic carbocycles. The fraction of sp³-hybridized carbons (Fsp3) is 0.261. The molecule has 0 spiro atoms. The van der Waals surface area contributed by atoms with E-state index in [-0.39, 0.29) is 16.0 Å². The van der Waals surface area contributed by atoms with Crippen LogP contribution in [0.1, 0.15) is 23.2 Å². The molecule has 1 aliphatic rings. The first-order valence-corrected chi connectivity index (χ1v) is 13.1.